The number of benzene rings is 1. The normalized spacial score (nSPS) is 14.1. The maximum absolute atomic E-state index is 13.5. The zero-order chi connectivity index (χ0) is 24.1. The molecule has 3 rings (SSSR count). The van der Waals surface area contributed by atoms with Gasteiger partial charge in [0.15, 0.2) is 5.69 Å². The number of nitrogens with one attached hydrogen (secondary N) is 1. The molecule has 1 aromatic carbocycles. The first-order valence-corrected chi connectivity index (χ1v) is 11.6. The van der Waals surface area contributed by atoms with Crippen molar-refractivity contribution in [2.75, 3.05) is 28.6 Å². The van der Waals surface area contributed by atoms with Crippen LogP contribution in [0.25, 0.3) is 0 Å². The van der Waals surface area contributed by atoms with Gasteiger partial charge in [0, 0.05) is 37.3 Å². The van der Waals surface area contributed by atoms with E-state index in [2.05, 4.69) is 4.98 Å². The Balaban J connectivity index is 1.98. The number of nitrogen functional groups attached to an aromatic ring is 1. The maximum atomic E-state index is 13.5. The number of H-pyrrole nitrogens is 1. The lowest BCUT2D eigenvalue weighted by atomic mass is 10.1. The summed E-state index contributed by atoms with van der Waals surface area (Å²) >= 11 is 0. The number of nitrogens with zero attached hydrogens (tertiary/aromatic N) is 3. The van der Waals surface area contributed by atoms with Gasteiger partial charge in [-0.3, -0.25) is 23.9 Å². The first-order chi connectivity index (χ1) is 15.7. The average Bonchev–Trinajstić information content (AvgIpc) is 2.78. The van der Waals surface area contributed by atoms with Gasteiger partial charge in [-0.1, -0.05) is 27.2 Å². The van der Waals surface area contributed by atoms with Gasteiger partial charge in [0.2, 0.25) is 5.91 Å². The number of carbonyl (C=O) groups excluding carboxylic acids is 2. The Labute approximate surface area is 193 Å². The van der Waals surface area contributed by atoms with Gasteiger partial charge in [0.05, 0.1) is 0 Å². The minimum atomic E-state index is -0.683. The monoisotopic (exact) mass is 455 g/mol. The zero-order valence-electron chi connectivity index (χ0n) is 19.6. The molecule has 2 amide bonds. The van der Waals surface area contributed by atoms with Gasteiger partial charge < -0.3 is 15.5 Å². The first-order valence-electron chi connectivity index (χ1n) is 11.6. The molecule has 0 aliphatic carbocycles. The number of aromatic nitrogens is 2. The number of hydrogen-bond acceptors (Lipinski definition) is 5. The summed E-state index contributed by atoms with van der Waals surface area (Å²) in [5.74, 6) is -0.199. The van der Waals surface area contributed by atoms with E-state index in [4.69, 9.17) is 5.73 Å². The largest absolute Gasteiger partial charge is 0.383 e. The van der Waals surface area contributed by atoms with Crippen LogP contribution in [0.5, 0.6) is 0 Å². The SMILES string of the molecule is CCCCN(C(=O)c1ccc(N2CCCCC2=O)cc1)c1c(N)n(CC(C)C)c(=O)[nH]c1=O. The number of unbranched alkanes of at least 4 members (excludes halogenated alkanes) is 1. The number of hydrogen-bond donors (Lipinski definition) is 2. The van der Waals surface area contributed by atoms with Gasteiger partial charge >= 0.3 is 5.69 Å². The summed E-state index contributed by atoms with van der Waals surface area (Å²) in [4.78, 5) is 56.2. The standard InChI is InChI=1S/C24H33N5O4/c1-4-5-13-28(20-21(25)29(15-16(2)3)24(33)26-22(20)31)23(32)17-9-11-18(12-10-17)27-14-7-6-8-19(27)30/h9-12,16H,4-8,13-15,25H2,1-3H3,(H,26,31,33). The minimum Gasteiger partial charge on any atom is -0.383 e. The lowest BCUT2D eigenvalue weighted by Crippen LogP contribution is -2.42. The Morgan fingerprint density at radius 1 is 1.15 bits per heavy atom. The van der Waals surface area contributed by atoms with Crippen LogP contribution in [0.2, 0.25) is 0 Å². The third kappa shape index (κ3) is 5.35. The summed E-state index contributed by atoms with van der Waals surface area (Å²) in [7, 11) is 0. The fourth-order valence-electron chi connectivity index (χ4n) is 4.03. The van der Waals surface area contributed by atoms with Crippen molar-refractivity contribution in [3.05, 3.63) is 50.7 Å². The van der Waals surface area contributed by atoms with Crippen LogP contribution in [0.4, 0.5) is 17.2 Å². The van der Waals surface area contributed by atoms with Crippen molar-refractivity contribution in [3.63, 3.8) is 0 Å². The van der Waals surface area contributed by atoms with Crippen molar-refractivity contribution in [2.24, 2.45) is 5.92 Å². The molecule has 0 radical (unpaired) electrons. The number of piperidine rings is 1. The molecule has 0 spiro atoms. The highest BCUT2D eigenvalue weighted by Gasteiger charge is 2.26. The predicted octanol–water partition coefficient (Wildman–Crippen LogP) is 2.74. The van der Waals surface area contributed by atoms with E-state index >= 15 is 0 Å². The molecule has 3 N–H and O–H groups in total. The van der Waals surface area contributed by atoms with Crippen molar-refractivity contribution >= 4 is 29.0 Å². The van der Waals surface area contributed by atoms with Gasteiger partial charge in [-0.05, 0) is 49.4 Å². The lowest BCUT2D eigenvalue weighted by Gasteiger charge is -2.27. The summed E-state index contributed by atoms with van der Waals surface area (Å²) in [6, 6.07) is 6.82. The van der Waals surface area contributed by atoms with E-state index in [1.807, 2.05) is 20.8 Å². The Bertz CT molecular complexity index is 1120. The summed E-state index contributed by atoms with van der Waals surface area (Å²) in [6.45, 7) is 7.13. The van der Waals surface area contributed by atoms with Crippen LogP contribution in [0, 0.1) is 5.92 Å². The van der Waals surface area contributed by atoms with E-state index in [1.54, 1.807) is 29.2 Å². The Morgan fingerprint density at radius 2 is 1.85 bits per heavy atom. The lowest BCUT2D eigenvalue weighted by molar-refractivity contribution is -0.119. The molecule has 9 heteroatoms. The van der Waals surface area contributed by atoms with E-state index in [0.717, 1.165) is 24.9 Å². The molecule has 9 nitrogen and oxygen atoms in total. The van der Waals surface area contributed by atoms with Crippen molar-refractivity contribution in [1.82, 2.24) is 9.55 Å². The van der Waals surface area contributed by atoms with Gasteiger partial charge in [-0.25, -0.2) is 4.79 Å². The zero-order valence-corrected chi connectivity index (χ0v) is 19.6. The van der Waals surface area contributed by atoms with Gasteiger partial charge in [-0.2, -0.15) is 0 Å². The smallest absolute Gasteiger partial charge is 0.330 e. The van der Waals surface area contributed by atoms with Crippen molar-refractivity contribution in [3.8, 4) is 0 Å². The van der Waals surface area contributed by atoms with Crippen LogP contribution in [0.15, 0.2) is 33.9 Å². The maximum Gasteiger partial charge on any atom is 0.330 e. The molecule has 1 aliphatic heterocycles. The number of anilines is 3. The van der Waals surface area contributed by atoms with Crippen LogP contribution in [-0.2, 0) is 11.3 Å². The molecule has 178 valence electrons. The summed E-state index contributed by atoms with van der Waals surface area (Å²) in [5, 5.41) is 0. The molecule has 2 heterocycles. The highest BCUT2D eigenvalue weighted by atomic mass is 16.2. The van der Waals surface area contributed by atoms with Crippen molar-refractivity contribution in [1.29, 1.82) is 0 Å². The molecular formula is C24H33N5O4. The molecule has 2 aromatic rings. The highest BCUT2D eigenvalue weighted by molar-refractivity contribution is 6.07. The molecule has 0 saturated carbocycles. The molecule has 1 aromatic heterocycles. The molecule has 1 saturated heterocycles. The average molecular weight is 456 g/mol. The quantitative estimate of drug-likeness (QED) is 0.634. The summed E-state index contributed by atoms with van der Waals surface area (Å²) in [6.07, 6.45) is 3.84. The van der Waals surface area contributed by atoms with E-state index in [1.165, 1.54) is 9.47 Å². The van der Waals surface area contributed by atoms with Gasteiger partial charge in [0.25, 0.3) is 11.5 Å². The summed E-state index contributed by atoms with van der Waals surface area (Å²) in [5.41, 5.74) is 6.11. The number of amides is 2. The third-order valence-electron chi connectivity index (χ3n) is 5.76. The van der Waals surface area contributed by atoms with E-state index in [9.17, 15) is 19.2 Å². The Hall–Kier alpha value is -3.36. The Kier molecular flexibility index (Phi) is 7.73. The van der Waals surface area contributed by atoms with Gasteiger partial charge in [-0.15, -0.1) is 0 Å². The molecule has 1 fully saturated rings. The number of aromatic amines is 1. The number of rotatable bonds is 8. The van der Waals surface area contributed by atoms with Crippen LogP contribution in [0.1, 0.15) is 63.2 Å². The van der Waals surface area contributed by atoms with Crippen molar-refractivity contribution < 1.29 is 9.59 Å². The Morgan fingerprint density at radius 3 is 2.45 bits per heavy atom. The van der Waals surface area contributed by atoms with E-state index in [0.29, 0.717) is 31.5 Å². The fraction of sp³-hybridized carbons (Fsp3) is 0.500. The van der Waals surface area contributed by atoms with Crippen LogP contribution in [0.3, 0.4) is 0 Å². The molecular weight excluding hydrogens is 422 g/mol. The van der Waals surface area contributed by atoms with Crippen molar-refractivity contribution in [2.45, 2.75) is 59.4 Å². The van der Waals surface area contributed by atoms with Crippen LogP contribution >= 0.6 is 0 Å². The molecule has 33 heavy (non-hydrogen) atoms. The molecule has 0 atom stereocenters. The topological polar surface area (TPSA) is 121 Å². The van der Waals surface area contributed by atoms with E-state index in [-0.39, 0.29) is 35.8 Å². The number of carbonyl (C=O) groups is 2. The van der Waals surface area contributed by atoms with Crippen LogP contribution < -0.4 is 26.8 Å². The van der Waals surface area contributed by atoms with Gasteiger partial charge in [0.1, 0.15) is 5.82 Å². The third-order valence-corrected chi connectivity index (χ3v) is 5.76. The van der Waals surface area contributed by atoms with E-state index < -0.39 is 11.2 Å². The minimum absolute atomic E-state index is 0.0102. The number of nitrogens with two attached hydrogens (primary N) is 1. The molecule has 0 unspecified atom stereocenters. The molecule has 0 bridgehead atoms. The van der Waals surface area contributed by atoms with Crippen LogP contribution in [-0.4, -0.2) is 34.5 Å². The highest BCUT2D eigenvalue weighted by Crippen LogP contribution is 2.24. The first kappa shape index (κ1) is 24.3. The summed E-state index contributed by atoms with van der Waals surface area (Å²) < 4.78 is 1.30. The fourth-order valence-corrected chi connectivity index (χ4v) is 4.03. The second-order valence-electron chi connectivity index (χ2n) is 8.86. The predicted molar refractivity (Wildman–Crippen MR) is 130 cm³/mol. The second-order valence-corrected chi connectivity index (χ2v) is 8.86. The second kappa shape index (κ2) is 10.5. The molecule has 1 aliphatic rings.